The molecule has 0 aliphatic rings. The van der Waals surface area contributed by atoms with Gasteiger partial charge < -0.3 is 9.59 Å². The van der Waals surface area contributed by atoms with Crippen molar-refractivity contribution in [3.05, 3.63) is 0 Å². The van der Waals surface area contributed by atoms with Crippen LogP contribution in [0.15, 0.2) is 0 Å². The molecule has 0 saturated heterocycles. The van der Waals surface area contributed by atoms with Crippen LogP contribution in [0.2, 0.25) is 0 Å². The van der Waals surface area contributed by atoms with Gasteiger partial charge in [-0.05, 0) is 13.3 Å². The average Bonchev–Trinajstić information content (AvgIpc) is 1.61. The second kappa shape index (κ2) is 6.96. The molecule has 0 fully saturated rings. The summed E-state index contributed by atoms with van der Waals surface area (Å²) in [5.74, 6) is 0.0448. The summed E-state index contributed by atoms with van der Waals surface area (Å²) in [5, 5.41) is 0. The Kier molecular flexibility index (Phi) is 9.45. The molecule has 1 radical (unpaired) electrons. The van der Waals surface area contributed by atoms with Gasteiger partial charge in [-0.25, -0.2) is 0 Å². The Bertz CT molecular complexity index is 80.5. The summed E-state index contributed by atoms with van der Waals surface area (Å²) in [6.45, 7) is 1.46. The van der Waals surface area contributed by atoms with Gasteiger partial charge in [-0.2, -0.15) is 0 Å². The van der Waals surface area contributed by atoms with E-state index in [-0.39, 0.29) is 31.7 Å². The normalized spacial score (nSPS) is 7.12. The molecule has 0 aromatic carbocycles. The number of hydrogen-bond acceptors (Lipinski definition) is 2. The van der Waals surface area contributed by atoms with Gasteiger partial charge in [-0.1, -0.05) is 0 Å². The summed E-state index contributed by atoms with van der Waals surface area (Å²) in [6.07, 6.45) is 2.21. The largest absolute Gasteiger partial charge is 0.542 e. The van der Waals surface area contributed by atoms with Crippen molar-refractivity contribution >= 4 is 12.1 Å². The zero-order valence-corrected chi connectivity index (χ0v) is 6.20. The van der Waals surface area contributed by atoms with Crippen molar-refractivity contribution in [3.8, 4) is 0 Å². The Morgan fingerprint density at radius 3 is 2.25 bits per heavy atom. The standard InChI is InChI=1S/C5H7O2.Rh/c1-5(7)3-2-4-6;/h2-3H2,1H3;/q-1;. The quantitative estimate of drug-likeness (QED) is 0.492. The number of carbonyl (C=O) groups excluding carboxylic acids is 2. The third-order valence-electron chi connectivity index (χ3n) is 0.579. The van der Waals surface area contributed by atoms with E-state index in [2.05, 4.69) is 0 Å². The minimum atomic E-state index is 0. The number of carbonyl (C=O) groups is 1. The summed E-state index contributed by atoms with van der Waals surface area (Å²) in [6, 6.07) is 0. The zero-order chi connectivity index (χ0) is 5.70. The summed E-state index contributed by atoms with van der Waals surface area (Å²) in [7, 11) is 0. The van der Waals surface area contributed by atoms with Crippen LogP contribution in [-0.4, -0.2) is 12.1 Å². The van der Waals surface area contributed by atoms with E-state index in [0.717, 1.165) is 0 Å². The minimum Gasteiger partial charge on any atom is -0.542 e. The summed E-state index contributed by atoms with van der Waals surface area (Å²) < 4.78 is 0. The zero-order valence-electron chi connectivity index (χ0n) is 4.56. The third-order valence-corrected chi connectivity index (χ3v) is 0.579. The van der Waals surface area contributed by atoms with Gasteiger partial charge in [0.05, 0.1) is 0 Å². The van der Waals surface area contributed by atoms with Crippen molar-refractivity contribution in [3.63, 3.8) is 0 Å². The molecule has 0 aliphatic carbocycles. The van der Waals surface area contributed by atoms with Crippen LogP contribution in [0.1, 0.15) is 19.8 Å². The molecule has 0 aromatic heterocycles. The van der Waals surface area contributed by atoms with Gasteiger partial charge in [0.15, 0.2) is 0 Å². The first-order valence-corrected chi connectivity index (χ1v) is 2.12. The molecule has 0 rings (SSSR count). The van der Waals surface area contributed by atoms with E-state index < -0.39 is 0 Å². The topological polar surface area (TPSA) is 34.1 Å². The van der Waals surface area contributed by atoms with Crippen molar-refractivity contribution in [2.75, 3.05) is 0 Å². The Morgan fingerprint density at radius 1 is 1.62 bits per heavy atom. The second-order valence-electron chi connectivity index (χ2n) is 1.35. The van der Waals surface area contributed by atoms with E-state index in [4.69, 9.17) is 0 Å². The first-order valence-electron chi connectivity index (χ1n) is 2.12. The summed E-state index contributed by atoms with van der Waals surface area (Å²) in [4.78, 5) is 19.5. The van der Waals surface area contributed by atoms with Gasteiger partial charge >= 0.3 is 0 Å². The van der Waals surface area contributed by atoms with E-state index in [1.165, 1.54) is 6.92 Å². The molecule has 0 unspecified atom stereocenters. The molecule has 2 nitrogen and oxygen atoms in total. The fourth-order valence-electron chi connectivity index (χ4n) is 0.227. The van der Waals surface area contributed by atoms with Crippen LogP contribution < -0.4 is 0 Å². The number of ketones is 1. The maximum atomic E-state index is 10.0. The minimum absolute atomic E-state index is 0. The predicted molar refractivity (Wildman–Crippen MR) is 25.6 cm³/mol. The van der Waals surface area contributed by atoms with Crippen molar-refractivity contribution in [2.45, 2.75) is 19.8 Å². The molecule has 0 bridgehead atoms. The molecule has 0 amide bonds. The van der Waals surface area contributed by atoms with Gasteiger partial charge in [0.2, 0.25) is 0 Å². The molecule has 0 spiro atoms. The molecule has 0 heterocycles. The average molecular weight is 202 g/mol. The molecule has 0 N–H and O–H groups in total. The molecule has 0 aliphatic heterocycles. The molecular formula is C5H7O2Rh-. The number of rotatable bonds is 3. The summed E-state index contributed by atoms with van der Waals surface area (Å²) >= 11 is 0. The third kappa shape index (κ3) is 9.35. The maximum absolute atomic E-state index is 10.0. The van der Waals surface area contributed by atoms with Crippen LogP contribution in [0.25, 0.3) is 0 Å². The van der Waals surface area contributed by atoms with E-state index in [1.54, 1.807) is 6.29 Å². The maximum Gasteiger partial charge on any atom is 0.127 e. The van der Waals surface area contributed by atoms with Crippen molar-refractivity contribution in [1.82, 2.24) is 0 Å². The Labute approximate surface area is 61.4 Å². The van der Waals surface area contributed by atoms with Gasteiger partial charge in [-0.15, -0.1) is 6.42 Å². The molecule has 0 atom stereocenters. The molecule has 8 heavy (non-hydrogen) atoms. The van der Waals surface area contributed by atoms with E-state index in [1.807, 2.05) is 0 Å². The van der Waals surface area contributed by atoms with Gasteiger partial charge in [-0.3, -0.25) is 6.29 Å². The first kappa shape index (κ1) is 10.9. The molecular weight excluding hydrogens is 195 g/mol. The van der Waals surface area contributed by atoms with Gasteiger partial charge in [0, 0.05) is 19.5 Å². The number of hydrogen-bond donors (Lipinski definition) is 0. The van der Waals surface area contributed by atoms with E-state index >= 15 is 0 Å². The number of Topliss-reactive ketones (excluding diaryl/α,β-unsaturated/α-hetero) is 1. The molecule has 3 heteroatoms. The van der Waals surface area contributed by atoms with Crippen molar-refractivity contribution < 1.29 is 29.1 Å². The predicted octanol–water partition coefficient (Wildman–Crippen LogP) is 0.463. The van der Waals surface area contributed by atoms with Crippen LogP contribution in [0.3, 0.4) is 0 Å². The molecule has 49 valence electrons. The smallest absolute Gasteiger partial charge is 0.127 e. The van der Waals surface area contributed by atoms with E-state index in [0.29, 0.717) is 6.42 Å². The van der Waals surface area contributed by atoms with Crippen molar-refractivity contribution in [2.24, 2.45) is 0 Å². The SMILES string of the molecule is CC(=O)CC[C-]=O.[Rh]. The van der Waals surface area contributed by atoms with Crippen LogP contribution in [0.5, 0.6) is 0 Å². The monoisotopic (exact) mass is 202 g/mol. The fraction of sp³-hybridized carbons (Fsp3) is 0.600. The van der Waals surface area contributed by atoms with Crippen LogP contribution in [-0.2, 0) is 29.1 Å². The first-order chi connectivity index (χ1) is 3.27. The van der Waals surface area contributed by atoms with Crippen LogP contribution in [0.4, 0.5) is 0 Å². The van der Waals surface area contributed by atoms with Crippen LogP contribution >= 0.6 is 0 Å². The van der Waals surface area contributed by atoms with Crippen LogP contribution in [0, 0.1) is 0 Å². The molecule has 0 aromatic rings. The fourth-order valence-corrected chi connectivity index (χ4v) is 0.227. The van der Waals surface area contributed by atoms with E-state index in [9.17, 15) is 9.59 Å². The Balaban J connectivity index is 0. The molecule has 0 saturated carbocycles. The summed E-state index contributed by atoms with van der Waals surface area (Å²) in [5.41, 5.74) is 0. The van der Waals surface area contributed by atoms with Gasteiger partial charge in [0.25, 0.3) is 0 Å². The van der Waals surface area contributed by atoms with Crippen molar-refractivity contribution in [1.29, 1.82) is 0 Å². The van der Waals surface area contributed by atoms with Gasteiger partial charge in [0.1, 0.15) is 5.78 Å². The Morgan fingerprint density at radius 2 is 2.12 bits per heavy atom. The Hall–Kier alpha value is -0.0366. The second-order valence-corrected chi connectivity index (χ2v) is 1.35.